The monoisotopic (exact) mass is 582 g/mol. The third-order valence-corrected chi connectivity index (χ3v) is 9.75. The minimum atomic E-state index is -3.82. The van der Waals surface area contributed by atoms with Gasteiger partial charge < -0.3 is 5.32 Å². The van der Waals surface area contributed by atoms with Crippen LogP contribution in [0, 0.1) is 0 Å². The molecule has 0 radical (unpaired) electrons. The number of hydrogen-bond donors (Lipinski definition) is 2. The fourth-order valence-electron chi connectivity index (χ4n) is 3.70. The van der Waals surface area contributed by atoms with E-state index >= 15 is 0 Å². The first-order valence-electron chi connectivity index (χ1n) is 11.7. The Labute approximate surface area is 232 Å². The molecule has 0 spiro atoms. The van der Waals surface area contributed by atoms with Gasteiger partial charge in [0.15, 0.2) is 0 Å². The molecular formula is C27H26N4O5S3. The summed E-state index contributed by atoms with van der Waals surface area (Å²) in [4.78, 5) is 17.8. The number of nitrogens with zero attached hydrogens (tertiary/aromatic N) is 2. The highest BCUT2D eigenvalue weighted by Crippen LogP contribution is 2.26. The fourth-order valence-corrected chi connectivity index (χ4v) is 6.63. The van der Waals surface area contributed by atoms with Gasteiger partial charge >= 0.3 is 0 Å². The Morgan fingerprint density at radius 3 is 2.05 bits per heavy atom. The molecule has 0 unspecified atom stereocenters. The fraction of sp³-hybridized carbons (Fsp3) is 0.111. The van der Waals surface area contributed by atoms with Crippen molar-refractivity contribution in [3.8, 4) is 0 Å². The lowest BCUT2D eigenvalue weighted by Crippen LogP contribution is -2.30. The molecule has 4 aromatic rings. The molecule has 0 saturated carbocycles. The van der Waals surface area contributed by atoms with E-state index in [2.05, 4.69) is 15.0 Å². The highest BCUT2D eigenvalue weighted by Gasteiger charge is 2.24. The van der Waals surface area contributed by atoms with Gasteiger partial charge in [-0.1, -0.05) is 0 Å². The van der Waals surface area contributed by atoms with Crippen molar-refractivity contribution in [3.05, 3.63) is 103 Å². The van der Waals surface area contributed by atoms with E-state index in [0.717, 1.165) is 4.90 Å². The second kappa shape index (κ2) is 11.9. The van der Waals surface area contributed by atoms with Gasteiger partial charge in [-0.3, -0.25) is 18.8 Å². The van der Waals surface area contributed by atoms with Gasteiger partial charge in [-0.15, -0.1) is 11.8 Å². The molecule has 0 saturated heterocycles. The Kier molecular flexibility index (Phi) is 8.58. The molecule has 0 fully saturated rings. The molecule has 0 atom stereocenters. The zero-order valence-corrected chi connectivity index (χ0v) is 23.6. The van der Waals surface area contributed by atoms with Gasteiger partial charge in [0.2, 0.25) is 0 Å². The number of hydrogen-bond acceptors (Lipinski definition) is 7. The van der Waals surface area contributed by atoms with Gasteiger partial charge in [0.05, 0.1) is 27.4 Å². The van der Waals surface area contributed by atoms with E-state index in [9.17, 15) is 21.6 Å². The molecular weight excluding hydrogens is 557 g/mol. The summed E-state index contributed by atoms with van der Waals surface area (Å²) >= 11 is 1.53. The van der Waals surface area contributed by atoms with Crippen molar-refractivity contribution in [2.75, 3.05) is 27.1 Å². The van der Waals surface area contributed by atoms with Crippen LogP contribution in [-0.4, -0.2) is 40.5 Å². The summed E-state index contributed by atoms with van der Waals surface area (Å²) in [6, 6.07) is 21.8. The van der Waals surface area contributed by atoms with Gasteiger partial charge in [0.25, 0.3) is 26.0 Å². The molecule has 12 heteroatoms. The zero-order valence-electron chi connectivity index (χ0n) is 21.1. The number of thioether (sulfide) groups is 1. The van der Waals surface area contributed by atoms with Gasteiger partial charge in [-0.05, 0) is 98.1 Å². The number of nitrogens with one attached hydrogen (secondary N) is 2. The maximum atomic E-state index is 13.2. The van der Waals surface area contributed by atoms with Crippen LogP contribution in [0.1, 0.15) is 17.3 Å². The topological polar surface area (TPSA) is 126 Å². The van der Waals surface area contributed by atoms with Crippen molar-refractivity contribution in [1.29, 1.82) is 0 Å². The van der Waals surface area contributed by atoms with E-state index in [4.69, 9.17) is 0 Å². The molecule has 1 aromatic heterocycles. The number of pyridine rings is 1. The first-order chi connectivity index (χ1) is 18.6. The van der Waals surface area contributed by atoms with Gasteiger partial charge in [0, 0.05) is 28.9 Å². The molecule has 2 N–H and O–H groups in total. The second-order valence-electron chi connectivity index (χ2n) is 8.22. The van der Waals surface area contributed by atoms with Gasteiger partial charge in [0.1, 0.15) is 0 Å². The number of carbonyl (C=O) groups is 1. The Hall–Kier alpha value is -3.87. The molecule has 0 aliphatic carbocycles. The third kappa shape index (κ3) is 6.59. The van der Waals surface area contributed by atoms with Crippen molar-refractivity contribution in [1.82, 2.24) is 4.98 Å². The molecule has 0 bridgehead atoms. The van der Waals surface area contributed by atoms with E-state index in [1.165, 1.54) is 64.9 Å². The van der Waals surface area contributed by atoms with Crippen molar-refractivity contribution in [3.63, 3.8) is 0 Å². The molecule has 9 nitrogen and oxygen atoms in total. The molecule has 1 amide bonds. The Bertz CT molecular complexity index is 1640. The highest BCUT2D eigenvalue weighted by atomic mass is 32.2. The number of sulfonamides is 2. The van der Waals surface area contributed by atoms with Crippen LogP contribution in [-0.2, 0) is 20.0 Å². The van der Waals surface area contributed by atoms with E-state index in [1.54, 1.807) is 55.5 Å². The van der Waals surface area contributed by atoms with Crippen molar-refractivity contribution in [2.24, 2.45) is 0 Å². The number of benzene rings is 3. The first-order valence-corrected chi connectivity index (χ1v) is 15.9. The van der Waals surface area contributed by atoms with Gasteiger partial charge in [-0.25, -0.2) is 16.8 Å². The van der Waals surface area contributed by atoms with Crippen LogP contribution in [0.2, 0.25) is 0 Å². The summed E-state index contributed by atoms with van der Waals surface area (Å²) in [5, 5.41) is 2.72. The standard InChI is InChI=1S/C27H26N4O5S3/c1-3-31(39(35,36)26-16-12-24(37-2)13-17-26)23-10-6-20(7-11-23)27(32)29-21-8-14-25(15-9-21)38(33,34)30-22-5-4-18-28-19-22/h4-19,30H,3H2,1-2H3,(H,29,32). The molecule has 3 aromatic carbocycles. The van der Waals surface area contributed by atoms with E-state index in [0.29, 0.717) is 22.6 Å². The summed E-state index contributed by atoms with van der Waals surface area (Å²) in [5.41, 5.74) is 1.47. The first kappa shape index (κ1) is 28.1. The van der Waals surface area contributed by atoms with Crippen LogP contribution >= 0.6 is 11.8 Å². The summed E-state index contributed by atoms with van der Waals surface area (Å²) in [6.45, 7) is 1.95. The number of carbonyl (C=O) groups excluding carboxylic acids is 1. The zero-order chi connectivity index (χ0) is 28.0. The quantitative estimate of drug-likeness (QED) is 0.250. The Balaban J connectivity index is 1.45. The minimum absolute atomic E-state index is 0.0256. The molecule has 4 rings (SSSR count). The van der Waals surface area contributed by atoms with E-state index in [-0.39, 0.29) is 16.3 Å². The predicted molar refractivity (Wildman–Crippen MR) is 154 cm³/mol. The smallest absolute Gasteiger partial charge is 0.264 e. The lowest BCUT2D eigenvalue weighted by Gasteiger charge is -2.23. The summed E-state index contributed by atoms with van der Waals surface area (Å²) in [7, 11) is -7.60. The Morgan fingerprint density at radius 1 is 0.846 bits per heavy atom. The minimum Gasteiger partial charge on any atom is -0.322 e. The van der Waals surface area contributed by atoms with Crippen LogP contribution in [0.25, 0.3) is 0 Å². The SMILES string of the molecule is CCN(c1ccc(C(=O)Nc2ccc(S(=O)(=O)Nc3cccnc3)cc2)cc1)S(=O)(=O)c1ccc(SC)cc1. The van der Waals surface area contributed by atoms with Crippen LogP contribution < -0.4 is 14.3 Å². The van der Waals surface area contributed by atoms with Crippen LogP contribution in [0.5, 0.6) is 0 Å². The van der Waals surface area contributed by atoms with E-state index in [1.807, 2.05) is 6.26 Å². The predicted octanol–water partition coefficient (Wildman–Crippen LogP) is 5.07. The summed E-state index contributed by atoms with van der Waals surface area (Å²) in [6.07, 6.45) is 4.85. The van der Waals surface area contributed by atoms with Crippen molar-refractivity contribution < 1.29 is 21.6 Å². The summed E-state index contributed by atoms with van der Waals surface area (Å²) < 4.78 is 55.3. The lowest BCUT2D eigenvalue weighted by molar-refractivity contribution is 0.102. The average Bonchev–Trinajstić information content (AvgIpc) is 2.94. The van der Waals surface area contributed by atoms with Crippen LogP contribution in [0.4, 0.5) is 17.1 Å². The molecule has 1 heterocycles. The number of amides is 1. The van der Waals surface area contributed by atoms with Crippen LogP contribution in [0.3, 0.4) is 0 Å². The largest absolute Gasteiger partial charge is 0.322 e. The normalized spacial score (nSPS) is 11.5. The number of anilines is 3. The van der Waals surface area contributed by atoms with Gasteiger partial charge in [-0.2, -0.15) is 0 Å². The van der Waals surface area contributed by atoms with Crippen molar-refractivity contribution >= 4 is 54.8 Å². The number of aromatic nitrogens is 1. The van der Waals surface area contributed by atoms with Crippen molar-refractivity contribution in [2.45, 2.75) is 21.6 Å². The molecule has 39 heavy (non-hydrogen) atoms. The van der Waals surface area contributed by atoms with E-state index < -0.39 is 26.0 Å². The second-order valence-corrected chi connectivity index (χ2v) is 12.6. The summed E-state index contributed by atoms with van der Waals surface area (Å²) in [5.74, 6) is -0.427. The van der Waals surface area contributed by atoms with Crippen LogP contribution in [0.15, 0.2) is 112 Å². The highest BCUT2D eigenvalue weighted by molar-refractivity contribution is 7.98. The maximum Gasteiger partial charge on any atom is 0.264 e. The Morgan fingerprint density at radius 2 is 1.49 bits per heavy atom. The average molecular weight is 583 g/mol. The third-order valence-electron chi connectivity index (χ3n) is 5.69. The maximum absolute atomic E-state index is 13.2. The lowest BCUT2D eigenvalue weighted by atomic mass is 10.2. The molecule has 202 valence electrons. The molecule has 0 aliphatic heterocycles. The number of rotatable bonds is 10. The molecule has 0 aliphatic rings.